The molecule has 0 amide bonds. The van der Waals surface area contributed by atoms with Crippen LogP contribution in [0.15, 0.2) is 46.0 Å². The number of hydrogen-bond donors (Lipinski definition) is 2. The maximum Gasteiger partial charge on any atom is 0.263 e. The number of benzene rings is 1. The highest BCUT2D eigenvalue weighted by Gasteiger charge is 2.17. The minimum Gasteiger partial charge on any atom is -0.398 e. The number of halogens is 1. The van der Waals surface area contributed by atoms with Gasteiger partial charge in [0.25, 0.3) is 10.0 Å². The van der Waals surface area contributed by atoms with E-state index in [1.165, 1.54) is 12.3 Å². The fourth-order valence-corrected chi connectivity index (χ4v) is 3.11. The van der Waals surface area contributed by atoms with E-state index in [1.54, 1.807) is 24.4 Å². The third-order valence-electron chi connectivity index (χ3n) is 2.39. The van der Waals surface area contributed by atoms with Crippen LogP contribution in [0, 0.1) is 6.92 Å². The monoisotopic (exact) mass is 341 g/mol. The molecule has 0 fully saturated rings. The highest BCUT2D eigenvalue weighted by atomic mass is 79.9. The molecule has 0 aliphatic heterocycles. The summed E-state index contributed by atoms with van der Waals surface area (Å²) in [6, 6.07) is 6.31. The van der Waals surface area contributed by atoms with Gasteiger partial charge in [-0.1, -0.05) is 15.9 Å². The number of anilines is 2. The van der Waals surface area contributed by atoms with Gasteiger partial charge in [0.1, 0.15) is 4.90 Å². The molecule has 1 aromatic carbocycles. The molecule has 0 aliphatic carbocycles. The number of hydrogen-bond acceptors (Lipinski definition) is 4. The summed E-state index contributed by atoms with van der Waals surface area (Å²) >= 11 is 3.23. The maximum absolute atomic E-state index is 12.2. The van der Waals surface area contributed by atoms with Gasteiger partial charge in [-0.05, 0) is 36.8 Å². The number of nitrogens with one attached hydrogen (secondary N) is 1. The zero-order valence-corrected chi connectivity index (χ0v) is 12.5. The Hall–Kier alpha value is -1.60. The van der Waals surface area contributed by atoms with Crippen molar-refractivity contribution in [1.82, 2.24) is 4.98 Å². The fraction of sp³-hybridized carbons (Fsp3) is 0.0833. The van der Waals surface area contributed by atoms with Crippen LogP contribution in [0.3, 0.4) is 0 Å². The average molecular weight is 342 g/mol. The molecule has 0 bridgehead atoms. The molecule has 7 heteroatoms. The van der Waals surface area contributed by atoms with Crippen molar-refractivity contribution in [3.05, 3.63) is 46.7 Å². The molecule has 0 spiro atoms. The zero-order valence-electron chi connectivity index (χ0n) is 10.1. The molecule has 2 aromatic rings. The SMILES string of the molecule is Cc1cncc(NS(=O)(=O)c2ccc(Br)cc2N)c1. The molecule has 0 saturated heterocycles. The Balaban J connectivity index is 2.38. The first-order valence-electron chi connectivity index (χ1n) is 5.38. The molecule has 5 nitrogen and oxygen atoms in total. The number of nitrogens with zero attached hydrogens (tertiary/aromatic N) is 1. The molecule has 0 unspecified atom stereocenters. The lowest BCUT2D eigenvalue weighted by Gasteiger charge is -2.10. The molecular formula is C12H12BrN3O2S. The zero-order chi connectivity index (χ0) is 14.0. The van der Waals surface area contributed by atoms with Gasteiger partial charge in [-0.2, -0.15) is 0 Å². The summed E-state index contributed by atoms with van der Waals surface area (Å²) in [4.78, 5) is 3.97. The molecule has 2 rings (SSSR count). The lowest BCUT2D eigenvalue weighted by molar-refractivity contribution is 0.601. The van der Waals surface area contributed by atoms with E-state index in [9.17, 15) is 8.42 Å². The first-order chi connectivity index (χ1) is 8.88. The van der Waals surface area contributed by atoms with Gasteiger partial charge in [0.15, 0.2) is 0 Å². The molecule has 19 heavy (non-hydrogen) atoms. The van der Waals surface area contributed by atoms with Crippen molar-refractivity contribution in [2.24, 2.45) is 0 Å². The van der Waals surface area contributed by atoms with Gasteiger partial charge in [0, 0.05) is 10.7 Å². The molecule has 0 saturated carbocycles. The van der Waals surface area contributed by atoms with Gasteiger partial charge < -0.3 is 5.73 Å². The maximum atomic E-state index is 12.2. The fourth-order valence-electron chi connectivity index (χ4n) is 1.58. The largest absolute Gasteiger partial charge is 0.398 e. The number of nitrogens with two attached hydrogens (primary N) is 1. The summed E-state index contributed by atoms with van der Waals surface area (Å²) in [5.74, 6) is 0. The van der Waals surface area contributed by atoms with Crippen molar-refractivity contribution in [2.45, 2.75) is 11.8 Å². The van der Waals surface area contributed by atoms with Crippen LogP contribution in [0.1, 0.15) is 5.56 Å². The van der Waals surface area contributed by atoms with E-state index >= 15 is 0 Å². The minimum absolute atomic E-state index is 0.0391. The van der Waals surface area contributed by atoms with Gasteiger partial charge in [-0.25, -0.2) is 8.42 Å². The Kier molecular flexibility index (Phi) is 3.77. The van der Waals surface area contributed by atoms with Gasteiger partial charge in [-0.3, -0.25) is 9.71 Å². The molecule has 100 valence electrons. The van der Waals surface area contributed by atoms with Crippen molar-refractivity contribution in [2.75, 3.05) is 10.5 Å². The van der Waals surface area contributed by atoms with Crippen LogP contribution in [-0.2, 0) is 10.0 Å². The second kappa shape index (κ2) is 5.18. The Labute approximate surface area is 120 Å². The van der Waals surface area contributed by atoms with E-state index in [2.05, 4.69) is 25.6 Å². The Morgan fingerprint density at radius 1 is 1.26 bits per heavy atom. The predicted molar refractivity (Wildman–Crippen MR) is 78.3 cm³/mol. The van der Waals surface area contributed by atoms with Crippen LogP contribution in [0.2, 0.25) is 0 Å². The van der Waals surface area contributed by atoms with Gasteiger partial charge in [0.2, 0.25) is 0 Å². The van der Waals surface area contributed by atoms with Crippen LogP contribution >= 0.6 is 15.9 Å². The number of aromatic nitrogens is 1. The first kappa shape index (κ1) is 13.8. The van der Waals surface area contributed by atoms with E-state index in [1.807, 2.05) is 6.92 Å². The molecule has 3 N–H and O–H groups in total. The highest BCUT2D eigenvalue weighted by Crippen LogP contribution is 2.24. The summed E-state index contributed by atoms with van der Waals surface area (Å²) in [5, 5.41) is 0. The van der Waals surface area contributed by atoms with Crippen LogP contribution in [-0.4, -0.2) is 13.4 Å². The van der Waals surface area contributed by atoms with E-state index in [0.717, 1.165) is 10.0 Å². The topological polar surface area (TPSA) is 85.1 Å². The second-order valence-corrected chi connectivity index (χ2v) is 6.61. The molecule has 1 heterocycles. The molecule has 0 radical (unpaired) electrons. The summed E-state index contributed by atoms with van der Waals surface area (Å²) in [6.45, 7) is 1.83. The number of nitrogen functional groups attached to an aromatic ring is 1. The minimum atomic E-state index is -3.71. The Morgan fingerprint density at radius 3 is 2.63 bits per heavy atom. The normalized spacial score (nSPS) is 11.3. The second-order valence-electron chi connectivity index (χ2n) is 4.04. The molecule has 1 aromatic heterocycles. The van der Waals surface area contributed by atoms with Gasteiger partial charge >= 0.3 is 0 Å². The summed E-state index contributed by atoms with van der Waals surface area (Å²) in [7, 11) is -3.71. The quantitative estimate of drug-likeness (QED) is 0.840. The van der Waals surface area contributed by atoms with E-state index in [4.69, 9.17) is 5.73 Å². The summed E-state index contributed by atoms with van der Waals surface area (Å²) < 4.78 is 27.6. The number of pyridine rings is 1. The van der Waals surface area contributed by atoms with E-state index < -0.39 is 10.0 Å². The van der Waals surface area contributed by atoms with Crippen molar-refractivity contribution in [1.29, 1.82) is 0 Å². The van der Waals surface area contributed by atoms with Gasteiger partial charge in [0.05, 0.1) is 17.6 Å². The van der Waals surface area contributed by atoms with Crippen LogP contribution in [0.5, 0.6) is 0 Å². The van der Waals surface area contributed by atoms with E-state index in [-0.39, 0.29) is 10.6 Å². The van der Waals surface area contributed by atoms with Crippen LogP contribution in [0.25, 0.3) is 0 Å². The van der Waals surface area contributed by atoms with Crippen molar-refractivity contribution in [3.8, 4) is 0 Å². The summed E-state index contributed by atoms with van der Waals surface area (Å²) in [6.07, 6.45) is 3.09. The highest BCUT2D eigenvalue weighted by molar-refractivity contribution is 9.10. The molecule has 0 atom stereocenters. The van der Waals surface area contributed by atoms with Crippen LogP contribution < -0.4 is 10.5 Å². The third kappa shape index (κ3) is 3.24. The lowest BCUT2D eigenvalue weighted by Crippen LogP contribution is -2.15. The van der Waals surface area contributed by atoms with Crippen molar-refractivity contribution in [3.63, 3.8) is 0 Å². The van der Waals surface area contributed by atoms with Crippen molar-refractivity contribution < 1.29 is 8.42 Å². The Bertz CT molecular complexity index is 717. The van der Waals surface area contributed by atoms with Crippen LogP contribution in [0.4, 0.5) is 11.4 Å². The Morgan fingerprint density at radius 2 is 2.00 bits per heavy atom. The smallest absolute Gasteiger partial charge is 0.263 e. The lowest BCUT2D eigenvalue weighted by atomic mass is 10.3. The third-order valence-corrected chi connectivity index (χ3v) is 4.34. The molecular weight excluding hydrogens is 330 g/mol. The van der Waals surface area contributed by atoms with Crippen molar-refractivity contribution >= 4 is 37.3 Å². The van der Waals surface area contributed by atoms with Gasteiger partial charge in [-0.15, -0.1) is 0 Å². The van der Waals surface area contributed by atoms with E-state index in [0.29, 0.717) is 5.69 Å². The average Bonchev–Trinajstić information content (AvgIpc) is 2.27. The number of sulfonamides is 1. The summed E-state index contributed by atoms with van der Waals surface area (Å²) in [5.41, 5.74) is 7.18. The molecule has 0 aliphatic rings. The number of rotatable bonds is 3. The standard InChI is InChI=1S/C12H12BrN3O2S/c1-8-4-10(7-15-6-8)16-19(17,18)12-3-2-9(13)5-11(12)14/h2-7,16H,14H2,1H3. The predicted octanol–water partition coefficient (Wildman–Crippen LogP) is 2.54. The number of aryl methyl sites for hydroxylation is 1. The first-order valence-corrected chi connectivity index (χ1v) is 7.65.